The molecular weight excluding hydrogens is 228 g/mol. The van der Waals surface area contributed by atoms with Crippen LogP contribution >= 0.6 is 0 Å². The van der Waals surface area contributed by atoms with E-state index in [1.165, 1.54) is 19.3 Å². The molecule has 2 aliphatic heterocycles. The van der Waals surface area contributed by atoms with Crippen LogP contribution in [0.15, 0.2) is 6.33 Å². The molecule has 0 saturated carbocycles. The summed E-state index contributed by atoms with van der Waals surface area (Å²) in [4.78, 5) is 11.0. The molecule has 0 spiro atoms. The molecule has 1 aromatic rings. The lowest BCUT2D eigenvalue weighted by molar-refractivity contribution is 0.332. The number of methoxy groups -OCH3 is 1. The van der Waals surface area contributed by atoms with E-state index in [4.69, 9.17) is 4.74 Å². The van der Waals surface area contributed by atoms with Gasteiger partial charge in [-0.3, -0.25) is 0 Å². The quantitative estimate of drug-likeness (QED) is 0.866. The predicted octanol–water partition coefficient (Wildman–Crippen LogP) is 1.91. The summed E-state index contributed by atoms with van der Waals surface area (Å²) in [6.07, 6.45) is 5.39. The summed E-state index contributed by atoms with van der Waals surface area (Å²) >= 11 is 0. The second-order valence-electron chi connectivity index (χ2n) is 5.11. The van der Waals surface area contributed by atoms with E-state index >= 15 is 0 Å². The number of anilines is 2. The molecule has 0 aromatic carbocycles. The molecule has 1 saturated heterocycles. The Hall–Kier alpha value is -1.52. The van der Waals surface area contributed by atoms with Crippen LogP contribution in [-0.2, 0) is 0 Å². The van der Waals surface area contributed by atoms with Gasteiger partial charge in [-0.05, 0) is 18.8 Å². The van der Waals surface area contributed by atoms with Crippen molar-refractivity contribution in [2.75, 3.05) is 30.4 Å². The van der Waals surface area contributed by atoms with Gasteiger partial charge in [0.2, 0.25) is 5.88 Å². The maximum absolute atomic E-state index is 5.29. The van der Waals surface area contributed by atoms with Crippen LogP contribution in [0.2, 0.25) is 0 Å². The van der Waals surface area contributed by atoms with Gasteiger partial charge in [0.15, 0.2) is 5.82 Å². The fourth-order valence-corrected chi connectivity index (χ4v) is 3.09. The molecule has 3 rings (SSSR count). The Kier molecular flexibility index (Phi) is 2.97. The van der Waals surface area contributed by atoms with Gasteiger partial charge in [-0.15, -0.1) is 0 Å². The van der Waals surface area contributed by atoms with E-state index in [2.05, 4.69) is 27.1 Å². The minimum Gasteiger partial charge on any atom is -0.479 e. The second kappa shape index (κ2) is 4.63. The zero-order valence-electron chi connectivity index (χ0n) is 11.0. The standard InChI is InChI=1S/C13H20N4O/c1-3-9-4-5-17-10(6-9)7-14-11-12(17)15-8-16-13(11)18-2/h8-10,14H,3-7H2,1-2H3. The first-order valence-electron chi connectivity index (χ1n) is 6.73. The van der Waals surface area contributed by atoms with Crippen LogP contribution in [-0.4, -0.2) is 36.2 Å². The predicted molar refractivity (Wildman–Crippen MR) is 71.2 cm³/mol. The number of rotatable bonds is 2. The van der Waals surface area contributed by atoms with Crippen LogP contribution in [0.25, 0.3) is 0 Å². The molecule has 2 aliphatic rings. The van der Waals surface area contributed by atoms with E-state index in [0.717, 1.165) is 30.5 Å². The van der Waals surface area contributed by atoms with Gasteiger partial charge in [-0.1, -0.05) is 13.3 Å². The first kappa shape index (κ1) is 11.6. The molecule has 0 radical (unpaired) electrons. The number of nitrogens with one attached hydrogen (secondary N) is 1. The highest BCUT2D eigenvalue weighted by atomic mass is 16.5. The summed E-state index contributed by atoms with van der Waals surface area (Å²) in [5, 5.41) is 3.43. The molecule has 0 aliphatic carbocycles. The molecule has 5 heteroatoms. The third kappa shape index (κ3) is 1.78. The number of aromatic nitrogens is 2. The van der Waals surface area contributed by atoms with E-state index in [-0.39, 0.29) is 0 Å². The number of fused-ring (bicyclic) bond motifs is 3. The number of ether oxygens (including phenoxy) is 1. The van der Waals surface area contributed by atoms with Crippen LogP contribution in [0.1, 0.15) is 26.2 Å². The Morgan fingerprint density at radius 3 is 3.17 bits per heavy atom. The van der Waals surface area contributed by atoms with E-state index in [0.29, 0.717) is 11.9 Å². The summed E-state index contributed by atoms with van der Waals surface area (Å²) in [6, 6.07) is 0.566. The van der Waals surface area contributed by atoms with Gasteiger partial charge >= 0.3 is 0 Å². The summed E-state index contributed by atoms with van der Waals surface area (Å²) in [6.45, 7) is 4.35. The highest BCUT2D eigenvalue weighted by Gasteiger charge is 2.34. The summed E-state index contributed by atoms with van der Waals surface area (Å²) in [5.74, 6) is 2.52. The van der Waals surface area contributed by atoms with E-state index < -0.39 is 0 Å². The van der Waals surface area contributed by atoms with Crippen molar-refractivity contribution in [1.82, 2.24) is 9.97 Å². The van der Waals surface area contributed by atoms with Crippen molar-refractivity contribution in [1.29, 1.82) is 0 Å². The lowest BCUT2D eigenvalue weighted by atomic mass is 9.88. The highest BCUT2D eigenvalue weighted by Crippen LogP contribution is 2.39. The molecule has 1 fully saturated rings. The highest BCUT2D eigenvalue weighted by molar-refractivity contribution is 5.73. The number of nitrogens with zero attached hydrogens (tertiary/aromatic N) is 3. The lowest BCUT2D eigenvalue weighted by Gasteiger charge is -2.44. The first-order chi connectivity index (χ1) is 8.83. The normalized spacial score (nSPS) is 26.0. The van der Waals surface area contributed by atoms with Gasteiger partial charge in [-0.25, -0.2) is 4.98 Å². The average molecular weight is 248 g/mol. The van der Waals surface area contributed by atoms with Crippen molar-refractivity contribution in [3.63, 3.8) is 0 Å². The maximum atomic E-state index is 5.29. The zero-order valence-corrected chi connectivity index (χ0v) is 11.0. The smallest absolute Gasteiger partial charge is 0.242 e. The molecule has 1 N–H and O–H groups in total. The summed E-state index contributed by atoms with van der Waals surface area (Å²) < 4.78 is 5.29. The van der Waals surface area contributed by atoms with Crippen molar-refractivity contribution >= 4 is 11.5 Å². The molecule has 1 aromatic heterocycles. The van der Waals surface area contributed by atoms with Gasteiger partial charge in [0.1, 0.15) is 12.0 Å². The number of hydrogen-bond acceptors (Lipinski definition) is 5. The van der Waals surface area contributed by atoms with Crippen LogP contribution in [0.5, 0.6) is 5.88 Å². The molecule has 98 valence electrons. The summed E-state index contributed by atoms with van der Waals surface area (Å²) in [5.41, 5.74) is 0.950. The molecule has 18 heavy (non-hydrogen) atoms. The molecule has 5 nitrogen and oxygen atoms in total. The number of hydrogen-bond donors (Lipinski definition) is 1. The fraction of sp³-hybridized carbons (Fsp3) is 0.692. The van der Waals surface area contributed by atoms with E-state index in [1.807, 2.05) is 0 Å². The zero-order chi connectivity index (χ0) is 12.5. The molecule has 0 amide bonds. The molecule has 0 bridgehead atoms. The largest absolute Gasteiger partial charge is 0.479 e. The minimum atomic E-state index is 0.566. The Labute approximate surface area is 108 Å². The molecule has 2 unspecified atom stereocenters. The first-order valence-corrected chi connectivity index (χ1v) is 6.73. The van der Waals surface area contributed by atoms with Crippen LogP contribution in [0.3, 0.4) is 0 Å². The fourth-order valence-electron chi connectivity index (χ4n) is 3.09. The lowest BCUT2D eigenvalue weighted by Crippen LogP contribution is -2.49. The average Bonchev–Trinajstić information content (AvgIpc) is 2.45. The van der Waals surface area contributed by atoms with Crippen molar-refractivity contribution in [3.8, 4) is 5.88 Å². The topological polar surface area (TPSA) is 50.3 Å². The van der Waals surface area contributed by atoms with Crippen molar-refractivity contribution in [2.45, 2.75) is 32.2 Å². The Balaban J connectivity index is 1.90. The van der Waals surface area contributed by atoms with Crippen LogP contribution in [0, 0.1) is 5.92 Å². The van der Waals surface area contributed by atoms with Crippen molar-refractivity contribution in [2.24, 2.45) is 5.92 Å². The maximum Gasteiger partial charge on any atom is 0.242 e. The monoisotopic (exact) mass is 248 g/mol. The second-order valence-corrected chi connectivity index (χ2v) is 5.11. The van der Waals surface area contributed by atoms with Gasteiger partial charge in [0.05, 0.1) is 7.11 Å². The van der Waals surface area contributed by atoms with E-state index in [1.54, 1.807) is 13.4 Å². The van der Waals surface area contributed by atoms with Crippen molar-refractivity contribution in [3.05, 3.63) is 6.33 Å². The third-order valence-electron chi connectivity index (χ3n) is 4.17. The van der Waals surface area contributed by atoms with Gasteiger partial charge in [0, 0.05) is 19.1 Å². The van der Waals surface area contributed by atoms with Gasteiger partial charge in [-0.2, -0.15) is 4.98 Å². The summed E-state index contributed by atoms with van der Waals surface area (Å²) in [7, 11) is 1.65. The van der Waals surface area contributed by atoms with E-state index in [9.17, 15) is 0 Å². The molecule has 3 heterocycles. The minimum absolute atomic E-state index is 0.566. The third-order valence-corrected chi connectivity index (χ3v) is 4.17. The van der Waals surface area contributed by atoms with Gasteiger partial charge < -0.3 is 15.0 Å². The molecular formula is C13H20N4O. The Morgan fingerprint density at radius 1 is 1.50 bits per heavy atom. The molecule has 2 atom stereocenters. The number of piperidine rings is 1. The van der Waals surface area contributed by atoms with Gasteiger partial charge in [0.25, 0.3) is 0 Å². The Bertz CT molecular complexity index is 437. The van der Waals surface area contributed by atoms with Crippen LogP contribution in [0.4, 0.5) is 11.5 Å². The SMILES string of the molecule is CCC1CCN2c3ncnc(OC)c3NCC2C1. The van der Waals surface area contributed by atoms with Crippen molar-refractivity contribution < 1.29 is 4.74 Å². The Morgan fingerprint density at radius 2 is 2.39 bits per heavy atom. The van der Waals surface area contributed by atoms with Crippen LogP contribution < -0.4 is 15.0 Å².